The summed E-state index contributed by atoms with van der Waals surface area (Å²) in [5, 5.41) is 9.09. The molecule has 0 radical (unpaired) electrons. The SMILES string of the molecule is CCOC(=O)Cc1cc(-c2ccc(OC)cc2)oc(=O)c1C#N. The lowest BCUT2D eigenvalue weighted by Crippen LogP contribution is -2.14. The quantitative estimate of drug-likeness (QED) is 0.787. The molecule has 0 fully saturated rings. The maximum absolute atomic E-state index is 12.0. The molecule has 6 heteroatoms. The van der Waals surface area contributed by atoms with Crippen molar-refractivity contribution >= 4 is 5.97 Å². The first-order valence-corrected chi connectivity index (χ1v) is 6.96. The number of nitrogens with zero attached hydrogens (tertiary/aromatic N) is 1. The van der Waals surface area contributed by atoms with Crippen LogP contribution in [0.2, 0.25) is 0 Å². The maximum atomic E-state index is 12.0. The van der Waals surface area contributed by atoms with Crippen molar-refractivity contribution in [3.05, 3.63) is 51.9 Å². The molecular weight excluding hydrogens is 298 g/mol. The van der Waals surface area contributed by atoms with Gasteiger partial charge < -0.3 is 13.9 Å². The second kappa shape index (κ2) is 7.27. The van der Waals surface area contributed by atoms with Gasteiger partial charge in [-0.05, 0) is 42.8 Å². The minimum atomic E-state index is -0.778. The molecule has 0 aliphatic carbocycles. The molecule has 1 aromatic carbocycles. The molecule has 0 aliphatic heterocycles. The van der Waals surface area contributed by atoms with E-state index in [1.165, 1.54) is 6.07 Å². The zero-order chi connectivity index (χ0) is 16.8. The van der Waals surface area contributed by atoms with Crippen molar-refractivity contribution in [2.24, 2.45) is 0 Å². The topological polar surface area (TPSA) is 89.5 Å². The molecule has 0 atom stereocenters. The average Bonchev–Trinajstić information content (AvgIpc) is 2.55. The highest BCUT2D eigenvalue weighted by molar-refractivity contribution is 5.74. The molecule has 0 bridgehead atoms. The van der Waals surface area contributed by atoms with Crippen molar-refractivity contribution in [1.29, 1.82) is 5.26 Å². The fraction of sp³-hybridized carbons (Fsp3) is 0.235. The second-order valence-electron chi connectivity index (χ2n) is 4.62. The van der Waals surface area contributed by atoms with Gasteiger partial charge in [-0.1, -0.05) is 0 Å². The van der Waals surface area contributed by atoms with Crippen molar-refractivity contribution in [2.75, 3.05) is 13.7 Å². The van der Waals surface area contributed by atoms with Crippen LogP contribution in [-0.4, -0.2) is 19.7 Å². The number of carbonyl (C=O) groups excluding carboxylic acids is 1. The van der Waals surface area contributed by atoms with Crippen LogP contribution in [0, 0.1) is 11.3 Å². The van der Waals surface area contributed by atoms with E-state index in [4.69, 9.17) is 19.2 Å². The van der Waals surface area contributed by atoms with Gasteiger partial charge in [-0.2, -0.15) is 5.26 Å². The van der Waals surface area contributed by atoms with Gasteiger partial charge >= 0.3 is 11.6 Å². The van der Waals surface area contributed by atoms with E-state index in [-0.39, 0.29) is 29.9 Å². The van der Waals surface area contributed by atoms with Crippen LogP contribution in [0.25, 0.3) is 11.3 Å². The highest BCUT2D eigenvalue weighted by Crippen LogP contribution is 2.23. The summed E-state index contributed by atoms with van der Waals surface area (Å²) in [6.07, 6.45) is -0.161. The van der Waals surface area contributed by atoms with Crippen molar-refractivity contribution in [3.8, 4) is 23.1 Å². The molecule has 0 N–H and O–H groups in total. The Morgan fingerprint density at radius 2 is 2.00 bits per heavy atom. The first kappa shape index (κ1) is 16.3. The minimum Gasteiger partial charge on any atom is -0.497 e. The van der Waals surface area contributed by atoms with E-state index in [9.17, 15) is 9.59 Å². The van der Waals surface area contributed by atoms with Gasteiger partial charge in [0.05, 0.1) is 20.1 Å². The molecule has 118 valence electrons. The number of methoxy groups -OCH3 is 1. The van der Waals surface area contributed by atoms with Crippen molar-refractivity contribution in [2.45, 2.75) is 13.3 Å². The van der Waals surface area contributed by atoms with Gasteiger partial charge in [0.1, 0.15) is 23.1 Å². The van der Waals surface area contributed by atoms with Crippen LogP contribution in [-0.2, 0) is 16.0 Å². The van der Waals surface area contributed by atoms with Crippen molar-refractivity contribution in [3.63, 3.8) is 0 Å². The fourth-order valence-corrected chi connectivity index (χ4v) is 2.06. The van der Waals surface area contributed by atoms with E-state index >= 15 is 0 Å². The summed E-state index contributed by atoms with van der Waals surface area (Å²) in [4.78, 5) is 23.6. The highest BCUT2D eigenvalue weighted by atomic mass is 16.5. The Hall–Kier alpha value is -3.07. The number of hydrogen-bond acceptors (Lipinski definition) is 6. The molecule has 0 saturated carbocycles. The lowest BCUT2D eigenvalue weighted by Gasteiger charge is -2.07. The molecule has 0 spiro atoms. The number of carbonyl (C=O) groups is 1. The van der Waals surface area contributed by atoms with E-state index in [1.807, 2.05) is 0 Å². The van der Waals surface area contributed by atoms with Crippen LogP contribution in [0.1, 0.15) is 18.1 Å². The van der Waals surface area contributed by atoms with Gasteiger partial charge in [-0.25, -0.2) is 4.79 Å². The predicted octanol–water partition coefficient (Wildman–Crippen LogP) is 2.29. The van der Waals surface area contributed by atoms with Crippen LogP contribution < -0.4 is 10.4 Å². The van der Waals surface area contributed by atoms with Crippen LogP contribution in [0.5, 0.6) is 5.75 Å². The van der Waals surface area contributed by atoms with Gasteiger partial charge in [-0.15, -0.1) is 0 Å². The summed E-state index contributed by atoms with van der Waals surface area (Å²) >= 11 is 0. The second-order valence-corrected chi connectivity index (χ2v) is 4.62. The van der Waals surface area contributed by atoms with E-state index in [0.717, 1.165) is 0 Å². The molecule has 1 aromatic heterocycles. The third-order valence-corrected chi connectivity index (χ3v) is 3.16. The lowest BCUT2D eigenvalue weighted by atomic mass is 10.0. The Kier molecular flexibility index (Phi) is 5.15. The molecule has 0 amide bonds. The smallest absolute Gasteiger partial charge is 0.354 e. The van der Waals surface area contributed by atoms with Crippen LogP contribution in [0.3, 0.4) is 0 Å². The third-order valence-electron chi connectivity index (χ3n) is 3.16. The van der Waals surface area contributed by atoms with E-state index in [2.05, 4.69) is 0 Å². The van der Waals surface area contributed by atoms with Gasteiger partial charge in [0.2, 0.25) is 0 Å². The number of ether oxygens (including phenoxy) is 2. The zero-order valence-corrected chi connectivity index (χ0v) is 12.8. The number of rotatable bonds is 5. The summed E-state index contributed by atoms with van der Waals surface area (Å²) in [5.41, 5.74) is -0.0408. The normalized spacial score (nSPS) is 9.96. The molecule has 6 nitrogen and oxygen atoms in total. The van der Waals surface area contributed by atoms with E-state index in [1.54, 1.807) is 44.4 Å². The molecular formula is C17H15NO5. The summed E-state index contributed by atoms with van der Waals surface area (Å²) in [7, 11) is 1.55. The van der Waals surface area contributed by atoms with Crippen LogP contribution in [0.15, 0.2) is 39.5 Å². The number of hydrogen-bond donors (Lipinski definition) is 0. The summed E-state index contributed by atoms with van der Waals surface area (Å²) in [6, 6.07) is 10.2. The van der Waals surface area contributed by atoms with Gasteiger partial charge in [-0.3, -0.25) is 4.79 Å². The number of nitriles is 1. The van der Waals surface area contributed by atoms with Crippen LogP contribution in [0.4, 0.5) is 0 Å². The molecule has 0 unspecified atom stereocenters. The number of esters is 1. The maximum Gasteiger partial charge on any atom is 0.354 e. The first-order valence-electron chi connectivity index (χ1n) is 6.96. The molecule has 2 rings (SSSR count). The molecule has 23 heavy (non-hydrogen) atoms. The van der Waals surface area contributed by atoms with Crippen LogP contribution >= 0.6 is 0 Å². The molecule has 0 saturated heterocycles. The standard InChI is InChI=1S/C17H15NO5/c1-3-22-16(19)9-12-8-15(23-17(20)14(12)10-18)11-4-6-13(21-2)7-5-11/h4-8H,3,9H2,1-2H3. The van der Waals surface area contributed by atoms with Crippen molar-refractivity contribution in [1.82, 2.24) is 0 Å². The number of benzene rings is 1. The minimum absolute atomic E-state index is 0.161. The van der Waals surface area contributed by atoms with Gasteiger partial charge in [0, 0.05) is 5.56 Å². The Bertz CT molecular complexity index is 799. The first-order chi connectivity index (χ1) is 11.1. The Balaban J connectivity index is 2.45. The molecule has 1 heterocycles. The monoisotopic (exact) mass is 313 g/mol. The van der Waals surface area contributed by atoms with E-state index < -0.39 is 11.6 Å². The molecule has 2 aromatic rings. The van der Waals surface area contributed by atoms with E-state index in [0.29, 0.717) is 11.3 Å². The Morgan fingerprint density at radius 3 is 2.57 bits per heavy atom. The fourth-order valence-electron chi connectivity index (χ4n) is 2.06. The largest absolute Gasteiger partial charge is 0.497 e. The summed E-state index contributed by atoms with van der Waals surface area (Å²) in [6.45, 7) is 1.92. The Morgan fingerprint density at radius 1 is 1.30 bits per heavy atom. The zero-order valence-electron chi connectivity index (χ0n) is 12.8. The van der Waals surface area contributed by atoms with Gasteiger partial charge in [0.15, 0.2) is 0 Å². The summed E-state index contributed by atoms with van der Waals surface area (Å²) in [5.74, 6) is 0.433. The summed E-state index contributed by atoms with van der Waals surface area (Å²) < 4.78 is 15.1. The van der Waals surface area contributed by atoms with Crippen molar-refractivity contribution < 1.29 is 18.7 Å². The Labute approximate surface area is 132 Å². The average molecular weight is 313 g/mol. The predicted molar refractivity (Wildman–Crippen MR) is 82.0 cm³/mol. The lowest BCUT2D eigenvalue weighted by molar-refractivity contribution is -0.142. The van der Waals surface area contributed by atoms with Gasteiger partial charge in [0.25, 0.3) is 0 Å². The third kappa shape index (κ3) is 3.77. The molecule has 0 aliphatic rings. The highest BCUT2D eigenvalue weighted by Gasteiger charge is 2.16.